The van der Waals surface area contributed by atoms with Gasteiger partial charge in [0.25, 0.3) is 0 Å². The molecule has 21 heavy (non-hydrogen) atoms. The van der Waals surface area contributed by atoms with Gasteiger partial charge in [-0.25, -0.2) is 0 Å². The molecule has 4 rings (SSSR count). The summed E-state index contributed by atoms with van der Waals surface area (Å²) in [4.78, 5) is 23.5. The van der Waals surface area contributed by atoms with Crippen molar-refractivity contribution in [2.45, 2.75) is 25.6 Å². The molecule has 0 amide bonds. The van der Waals surface area contributed by atoms with Crippen molar-refractivity contribution in [1.82, 2.24) is 0 Å². The largest absolute Gasteiger partial charge is 0.373 e. The number of rotatable bonds is 3. The van der Waals surface area contributed by atoms with E-state index in [0.29, 0.717) is 6.61 Å². The van der Waals surface area contributed by atoms with Crippen molar-refractivity contribution in [2.75, 3.05) is 0 Å². The summed E-state index contributed by atoms with van der Waals surface area (Å²) in [5.41, 5.74) is 3.49. The van der Waals surface area contributed by atoms with Crippen LogP contribution in [0.1, 0.15) is 18.4 Å². The molecule has 0 unspecified atom stereocenters. The summed E-state index contributed by atoms with van der Waals surface area (Å²) >= 11 is 0. The number of fused-ring (bicyclic) bond motifs is 2. The lowest BCUT2D eigenvalue weighted by atomic mass is 9.81. The Bertz CT molecular complexity index is 635. The summed E-state index contributed by atoms with van der Waals surface area (Å²) < 4.78 is 5.87. The highest BCUT2D eigenvalue weighted by Crippen LogP contribution is 2.46. The van der Waals surface area contributed by atoms with Gasteiger partial charge in [-0.05, 0) is 24.0 Å². The van der Waals surface area contributed by atoms with Gasteiger partial charge in [-0.2, -0.15) is 0 Å². The summed E-state index contributed by atoms with van der Waals surface area (Å²) in [5.74, 6) is -0.961. The van der Waals surface area contributed by atoms with Gasteiger partial charge in [0.2, 0.25) is 11.6 Å². The van der Waals surface area contributed by atoms with Crippen molar-refractivity contribution in [3.63, 3.8) is 0 Å². The van der Waals surface area contributed by atoms with Gasteiger partial charge in [-0.15, -0.1) is 0 Å². The number of hydrogen-bond acceptors (Lipinski definition) is 3. The Morgan fingerprint density at radius 2 is 1.57 bits per heavy atom. The molecule has 1 aromatic carbocycles. The molecular weight excluding hydrogens is 264 g/mol. The summed E-state index contributed by atoms with van der Waals surface area (Å²) in [6, 6.07) is 10.1. The first kappa shape index (κ1) is 12.7. The number of carbonyl (C=O) groups is 2. The second-order valence-electron chi connectivity index (χ2n) is 5.95. The molecule has 3 aliphatic carbocycles. The van der Waals surface area contributed by atoms with Crippen LogP contribution in [0.15, 0.2) is 53.6 Å². The SMILES string of the molecule is O=C1C(=O)[C@H]2C=C[C@H]1C2=C1CC(OCc2ccccc2)C1. The average Bonchev–Trinajstić information content (AvgIpc) is 2.97. The average molecular weight is 280 g/mol. The number of carbonyl (C=O) groups excluding carboxylic acids is 2. The van der Waals surface area contributed by atoms with Crippen LogP contribution >= 0.6 is 0 Å². The number of benzene rings is 1. The van der Waals surface area contributed by atoms with E-state index in [9.17, 15) is 9.59 Å². The van der Waals surface area contributed by atoms with Gasteiger partial charge in [0.15, 0.2) is 0 Å². The fourth-order valence-corrected chi connectivity index (χ4v) is 3.46. The highest BCUT2D eigenvalue weighted by Gasteiger charge is 2.49. The number of allylic oxidation sites excluding steroid dienone is 3. The number of hydrogen-bond donors (Lipinski definition) is 0. The predicted molar refractivity (Wildman–Crippen MR) is 77.4 cm³/mol. The van der Waals surface area contributed by atoms with Crippen LogP contribution in [0.3, 0.4) is 0 Å². The fraction of sp³-hybridized carbons (Fsp3) is 0.333. The molecule has 0 aliphatic heterocycles. The van der Waals surface area contributed by atoms with Crippen LogP contribution in [0.25, 0.3) is 0 Å². The van der Waals surface area contributed by atoms with E-state index in [1.54, 1.807) is 0 Å². The van der Waals surface area contributed by atoms with Gasteiger partial charge < -0.3 is 4.74 Å². The van der Waals surface area contributed by atoms with Gasteiger partial charge in [0, 0.05) is 0 Å². The van der Waals surface area contributed by atoms with Gasteiger partial charge in [0.05, 0.1) is 24.5 Å². The van der Waals surface area contributed by atoms with E-state index in [-0.39, 0.29) is 29.5 Å². The maximum absolute atomic E-state index is 11.7. The van der Waals surface area contributed by atoms with Crippen LogP contribution in [0.2, 0.25) is 0 Å². The van der Waals surface area contributed by atoms with Gasteiger partial charge >= 0.3 is 0 Å². The normalized spacial score (nSPS) is 30.2. The summed E-state index contributed by atoms with van der Waals surface area (Å²) in [6.45, 7) is 0.622. The standard InChI is InChI=1S/C18H16O3/c19-17-14-6-7-15(18(17)20)16(14)12-8-13(9-12)21-10-11-4-2-1-3-5-11/h1-7,13-15H,8-10H2/t14-,15-/m0/s1. The van der Waals surface area contributed by atoms with Crippen LogP contribution in [0, 0.1) is 11.8 Å². The van der Waals surface area contributed by atoms with Crippen molar-refractivity contribution in [3.8, 4) is 0 Å². The zero-order valence-corrected chi connectivity index (χ0v) is 11.6. The molecule has 2 bridgehead atoms. The third-order valence-electron chi connectivity index (χ3n) is 4.66. The van der Waals surface area contributed by atoms with Gasteiger partial charge in [0.1, 0.15) is 0 Å². The molecule has 2 fully saturated rings. The lowest BCUT2D eigenvalue weighted by Crippen LogP contribution is -2.26. The fourth-order valence-electron chi connectivity index (χ4n) is 3.46. The zero-order chi connectivity index (χ0) is 14.4. The number of ether oxygens (including phenoxy) is 1. The maximum Gasteiger partial charge on any atom is 0.210 e. The van der Waals surface area contributed by atoms with E-state index in [2.05, 4.69) is 12.1 Å². The molecule has 3 aliphatic rings. The van der Waals surface area contributed by atoms with Crippen molar-refractivity contribution < 1.29 is 14.3 Å². The second kappa shape index (κ2) is 4.78. The molecule has 0 spiro atoms. The quantitative estimate of drug-likeness (QED) is 0.631. The summed E-state index contributed by atoms with van der Waals surface area (Å²) in [7, 11) is 0. The van der Waals surface area contributed by atoms with Gasteiger partial charge in [-0.1, -0.05) is 48.1 Å². The third-order valence-corrected chi connectivity index (χ3v) is 4.66. The first-order valence-corrected chi connectivity index (χ1v) is 7.38. The van der Waals surface area contributed by atoms with Crippen molar-refractivity contribution in [3.05, 3.63) is 59.2 Å². The third kappa shape index (κ3) is 2.00. The smallest absolute Gasteiger partial charge is 0.210 e. The minimum absolute atomic E-state index is 0.220. The Hall–Kier alpha value is -2.00. The first-order valence-electron chi connectivity index (χ1n) is 7.38. The Balaban J connectivity index is 1.39. The zero-order valence-electron chi connectivity index (χ0n) is 11.6. The van der Waals surface area contributed by atoms with Crippen LogP contribution in [0.5, 0.6) is 0 Å². The minimum Gasteiger partial charge on any atom is -0.373 e. The van der Waals surface area contributed by atoms with E-state index in [1.165, 1.54) is 11.1 Å². The van der Waals surface area contributed by atoms with Gasteiger partial charge in [-0.3, -0.25) is 9.59 Å². The first-order chi connectivity index (χ1) is 10.2. The molecule has 3 heteroatoms. The van der Waals surface area contributed by atoms with E-state index in [4.69, 9.17) is 4.74 Å². The van der Waals surface area contributed by atoms with E-state index >= 15 is 0 Å². The molecule has 3 nitrogen and oxygen atoms in total. The number of ketones is 2. The molecule has 0 saturated heterocycles. The molecule has 0 N–H and O–H groups in total. The molecule has 2 saturated carbocycles. The van der Waals surface area contributed by atoms with Crippen molar-refractivity contribution in [1.29, 1.82) is 0 Å². The Morgan fingerprint density at radius 3 is 2.19 bits per heavy atom. The molecule has 0 aromatic heterocycles. The summed E-state index contributed by atoms with van der Waals surface area (Å²) in [5, 5.41) is 0. The maximum atomic E-state index is 11.7. The molecule has 2 atom stereocenters. The van der Waals surface area contributed by atoms with E-state index in [0.717, 1.165) is 18.4 Å². The monoisotopic (exact) mass is 280 g/mol. The van der Waals surface area contributed by atoms with Crippen LogP contribution < -0.4 is 0 Å². The van der Waals surface area contributed by atoms with Crippen molar-refractivity contribution in [2.24, 2.45) is 11.8 Å². The van der Waals surface area contributed by atoms with Crippen LogP contribution in [-0.4, -0.2) is 17.7 Å². The molecule has 0 heterocycles. The second-order valence-corrected chi connectivity index (χ2v) is 5.95. The van der Waals surface area contributed by atoms with Crippen molar-refractivity contribution >= 4 is 11.6 Å². The lowest BCUT2D eigenvalue weighted by molar-refractivity contribution is -0.136. The topological polar surface area (TPSA) is 43.4 Å². The predicted octanol–water partition coefficient (Wildman–Crippen LogP) is 2.62. The highest BCUT2D eigenvalue weighted by atomic mass is 16.5. The van der Waals surface area contributed by atoms with Crippen LogP contribution in [0.4, 0.5) is 0 Å². The van der Waals surface area contributed by atoms with Crippen LogP contribution in [-0.2, 0) is 20.9 Å². The Kier molecular flexibility index (Phi) is 2.89. The van der Waals surface area contributed by atoms with E-state index < -0.39 is 0 Å². The molecular formula is C18H16O3. The minimum atomic E-state index is -0.257. The Labute approximate surface area is 123 Å². The molecule has 0 radical (unpaired) electrons. The summed E-state index contributed by atoms with van der Waals surface area (Å²) in [6.07, 6.45) is 5.70. The Morgan fingerprint density at radius 1 is 0.952 bits per heavy atom. The van der Waals surface area contributed by atoms with E-state index in [1.807, 2.05) is 30.4 Å². The molecule has 1 aromatic rings. The lowest BCUT2D eigenvalue weighted by Gasteiger charge is -2.32. The number of Topliss-reactive ketones (excluding diaryl/α,β-unsaturated/α-hetero) is 2. The highest BCUT2D eigenvalue weighted by molar-refractivity contribution is 6.44. The molecule has 106 valence electrons.